The molecule has 0 radical (unpaired) electrons. The van der Waals surface area contributed by atoms with Gasteiger partial charge in [-0.2, -0.15) is 0 Å². The summed E-state index contributed by atoms with van der Waals surface area (Å²) in [5, 5.41) is 2.56. The Morgan fingerprint density at radius 1 is 1.28 bits per heavy atom. The third-order valence-electron chi connectivity index (χ3n) is 3.40. The summed E-state index contributed by atoms with van der Waals surface area (Å²) < 4.78 is 38.7. The quantitative estimate of drug-likeness (QED) is 0.392. The van der Waals surface area contributed by atoms with E-state index in [2.05, 4.69) is 15.3 Å². The molecule has 3 N–H and O–H groups in total. The van der Waals surface area contributed by atoms with Crippen molar-refractivity contribution < 1.29 is 17.6 Å². The third-order valence-corrected chi connectivity index (χ3v) is 8.04. The lowest BCUT2D eigenvalue weighted by molar-refractivity contribution is -0.113. The van der Waals surface area contributed by atoms with E-state index in [-0.39, 0.29) is 30.9 Å². The Morgan fingerprint density at radius 3 is 2.66 bits per heavy atom. The number of anilines is 2. The molecule has 1 aromatic carbocycles. The molecule has 0 fully saturated rings. The molecule has 3 aromatic rings. The standard InChI is InChI=1S/C16H11Cl2FN4O3S3/c17-9-5-8(1-2-10(9)19)22-13(24)7-27-16-21-6-11(15(20)23-16)29(25,26)14-4-3-12(18)28-14/h1-6H,7H2,(H,22,24)(H2,20,21,23). The van der Waals surface area contributed by atoms with Crippen LogP contribution < -0.4 is 11.1 Å². The van der Waals surface area contributed by atoms with Crippen molar-refractivity contribution >= 4 is 73.6 Å². The average Bonchev–Trinajstić information content (AvgIpc) is 3.10. The van der Waals surface area contributed by atoms with Crippen LogP contribution in [0.4, 0.5) is 15.9 Å². The maximum atomic E-state index is 13.1. The molecule has 0 aliphatic heterocycles. The molecule has 0 bridgehead atoms. The van der Waals surface area contributed by atoms with Crippen LogP contribution in [0.15, 0.2) is 50.8 Å². The monoisotopic (exact) mass is 492 g/mol. The molecule has 29 heavy (non-hydrogen) atoms. The summed E-state index contributed by atoms with van der Waals surface area (Å²) in [6.45, 7) is 0. The first-order valence-electron chi connectivity index (χ1n) is 7.67. The van der Waals surface area contributed by atoms with Crippen molar-refractivity contribution in [2.45, 2.75) is 14.3 Å². The highest BCUT2D eigenvalue weighted by atomic mass is 35.5. The maximum Gasteiger partial charge on any atom is 0.234 e. The van der Waals surface area contributed by atoms with Crippen molar-refractivity contribution in [1.82, 2.24) is 9.97 Å². The molecule has 3 rings (SSSR count). The second-order valence-corrected chi connectivity index (χ2v) is 10.6. The van der Waals surface area contributed by atoms with Gasteiger partial charge in [-0.1, -0.05) is 35.0 Å². The van der Waals surface area contributed by atoms with Gasteiger partial charge in [0.15, 0.2) is 5.16 Å². The Bertz CT molecular complexity index is 1190. The van der Waals surface area contributed by atoms with E-state index in [0.29, 0.717) is 10.0 Å². The number of carbonyl (C=O) groups is 1. The minimum Gasteiger partial charge on any atom is -0.382 e. The van der Waals surface area contributed by atoms with Crippen molar-refractivity contribution in [1.29, 1.82) is 0 Å². The van der Waals surface area contributed by atoms with Gasteiger partial charge in [-0.3, -0.25) is 4.79 Å². The van der Waals surface area contributed by atoms with Crippen molar-refractivity contribution in [2.75, 3.05) is 16.8 Å². The van der Waals surface area contributed by atoms with Gasteiger partial charge in [0.25, 0.3) is 0 Å². The molecule has 1 amide bonds. The van der Waals surface area contributed by atoms with Crippen LogP contribution in [0.3, 0.4) is 0 Å². The number of nitrogens with two attached hydrogens (primary N) is 1. The van der Waals surface area contributed by atoms with E-state index in [1.807, 2.05) is 0 Å². The number of benzene rings is 1. The second kappa shape index (κ2) is 8.84. The van der Waals surface area contributed by atoms with Gasteiger partial charge in [0.05, 0.1) is 21.3 Å². The number of sulfone groups is 1. The number of nitrogen functional groups attached to an aromatic ring is 1. The normalized spacial score (nSPS) is 11.4. The predicted molar refractivity (Wildman–Crippen MR) is 112 cm³/mol. The molecule has 0 spiro atoms. The van der Waals surface area contributed by atoms with Crippen molar-refractivity contribution in [3.8, 4) is 0 Å². The Morgan fingerprint density at radius 2 is 2.03 bits per heavy atom. The molecule has 0 aliphatic rings. The fourth-order valence-electron chi connectivity index (χ4n) is 2.10. The number of carbonyl (C=O) groups excluding carboxylic acids is 1. The van der Waals surface area contributed by atoms with Gasteiger partial charge in [-0.05, 0) is 30.3 Å². The molecule has 152 valence electrons. The molecule has 0 unspecified atom stereocenters. The van der Waals surface area contributed by atoms with Crippen LogP contribution in [-0.2, 0) is 14.6 Å². The van der Waals surface area contributed by atoms with Gasteiger partial charge >= 0.3 is 0 Å². The Balaban J connectivity index is 1.67. The summed E-state index contributed by atoms with van der Waals surface area (Å²) in [6, 6.07) is 6.62. The van der Waals surface area contributed by atoms with Crippen LogP contribution >= 0.6 is 46.3 Å². The van der Waals surface area contributed by atoms with Crippen LogP contribution in [0.5, 0.6) is 0 Å². The first-order chi connectivity index (χ1) is 13.7. The van der Waals surface area contributed by atoms with E-state index < -0.39 is 21.6 Å². The first kappa shape index (κ1) is 21.8. The van der Waals surface area contributed by atoms with E-state index in [4.69, 9.17) is 28.9 Å². The summed E-state index contributed by atoms with van der Waals surface area (Å²) in [5.74, 6) is -1.33. The molecule has 0 saturated carbocycles. The third kappa shape index (κ3) is 5.17. The van der Waals surface area contributed by atoms with E-state index in [1.54, 1.807) is 0 Å². The number of hydrogen-bond donors (Lipinski definition) is 2. The van der Waals surface area contributed by atoms with Crippen LogP contribution in [-0.4, -0.2) is 30.0 Å². The van der Waals surface area contributed by atoms with Crippen molar-refractivity contribution in [3.63, 3.8) is 0 Å². The molecular weight excluding hydrogens is 482 g/mol. The van der Waals surface area contributed by atoms with Gasteiger partial charge in [0.2, 0.25) is 15.7 Å². The predicted octanol–water partition coefficient (Wildman–Crippen LogP) is 4.13. The smallest absolute Gasteiger partial charge is 0.234 e. The number of amides is 1. The van der Waals surface area contributed by atoms with E-state index in [0.717, 1.165) is 35.4 Å². The largest absolute Gasteiger partial charge is 0.382 e. The highest BCUT2D eigenvalue weighted by molar-refractivity contribution is 7.99. The first-order valence-corrected chi connectivity index (χ1v) is 11.7. The Hall–Kier alpha value is -1.92. The van der Waals surface area contributed by atoms with Crippen LogP contribution in [0, 0.1) is 5.82 Å². The maximum absolute atomic E-state index is 13.1. The highest BCUT2D eigenvalue weighted by Gasteiger charge is 2.24. The minimum atomic E-state index is -3.89. The van der Waals surface area contributed by atoms with E-state index in [1.165, 1.54) is 24.3 Å². The molecule has 0 atom stereocenters. The van der Waals surface area contributed by atoms with Crippen molar-refractivity contribution in [3.05, 3.63) is 51.7 Å². The Labute approximate surface area is 183 Å². The molecule has 2 heterocycles. The summed E-state index contributed by atoms with van der Waals surface area (Å²) in [6.07, 6.45) is 1.09. The fourth-order valence-corrected chi connectivity index (χ4v) is 5.77. The average molecular weight is 493 g/mol. The SMILES string of the molecule is Nc1nc(SCC(=O)Nc2ccc(F)c(Cl)c2)ncc1S(=O)(=O)c1ccc(Cl)s1. The van der Waals surface area contributed by atoms with Gasteiger partial charge in [0.1, 0.15) is 20.7 Å². The number of rotatable bonds is 6. The van der Waals surface area contributed by atoms with Crippen LogP contribution in [0.25, 0.3) is 0 Å². The molecular formula is C16H11Cl2FN4O3S3. The highest BCUT2D eigenvalue weighted by Crippen LogP contribution is 2.32. The number of thiophene rings is 1. The van der Waals surface area contributed by atoms with Crippen LogP contribution in [0.1, 0.15) is 0 Å². The molecule has 2 aromatic heterocycles. The molecule has 0 aliphatic carbocycles. The van der Waals surface area contributed by atoms with Gasteiger partial charge in [0, 0.05) is 5.69 Å². The molecule has 0 saturated heterocycles. The topological polar surface area (TPSA) is 115 Å². The lowest BCUT2D eigenvalue weighted by Gasteiger charge is -2.07. The van der Waals surface area contributed by atoms with Crippen LogP contribution in [0.2, 0.25) is 9.36 Å². The van der Waals surface area contributed by atoms with Gasteiger partial charge in [-0.25, -0.2) is 22.8 Å². The number of hydrogen-bond acceptors (Lipinski definition) is 8. The number of thioether (sulfide) groups is 1. The zero-order chi connectivity index (χ0) is 21.2. The molecule has 7 nitrogen and oxygen atoms in total. The number of nitrogens with zero attached hydrogens (tertiary/aromatic N) is 2. The number of aromatic nitrogens is 2. The molecule has 13 heteroatoms. The summed E-state index contributed by atoms with van der Waals surface area (Å²) in [5.41, 5.74) is 6.12. The Kier molecular flexibility index (Phi) is 6.64. The zero-order valence-corrected chi connectivity index (χ0v) is 18.2. The lowest BCUT2D eigenvalue weighted by Crippen LogP contribution is -2.14. The zero-order valence-electron chi connectivity index (χ0n) is 14.2. The van der Waals surface area contributed by atoms with E-state index in [9.17, 15) is 17.6 Å². The van der Waals surface area contributed by atoms with Gasteiger partial charge in [-0.15, -0.1) is 11.3 Å². The fraction of sp³-hybridized carbons (Fsp3) is 0.0625. The lowest BCUT2D eigenvalue weighted by atomic mass is 10.3. The number of halogens is 3. The summed E-state index contributed by atoms with van der Waals surface area (Å²) in [4.78, 5) is 19.7. The van der Waals surface area contributed by atoms with Crippen molar-refractivity contribution in [2.24, 2.45) is 0 Å². The van der Waals surface area contributed by atoms with Gasteiger partial charge < -0.3 is 11.1 Å². The number of nitrogens with one attached hydrogen (secondary N) is 1. The minimum absolute atomic E-state index is 0.0236. The summed E-state index contributed by atoms with van der Waals surface area (Å²) in [7, 11) is -3.89. The summed E-state index contributed by atoms with van der Waals surface area (Å²) >= 11 is 13.3. The van der Waals surface area contributed by atoms with E-state index >= 15 is 0 Å². The second-order valence-electron chi connectivity index (χ2n) is 5.43.